The molecular weight excluding hydrogens is 392 g/mol. The number of aryl methyl sites for hydroxylation is 3. The number of hydrogen-bond donors (Lipinski definition) is 1. The molecule has 3 rings (SSSR count). The number of aromatic nitrogens is 3. The van der Waals surface area contributed by atoms with E-state index in [1.807, 2.05) is 0 Å². The average Bonchev–Trinajstić information content (AvgIpc) is 2.91. The number of amides is 1. The first kappa shape index (κ1) is 20.6. The standard InChI is InChI=1S/C19H18F4N4O2/c1-9-4-5-13(14(6-9)29-19(22)23)25-15(28)8-27-18-16(11(3)26-27)12(17(20)21)7-10(2)24-18/h4-7,17,19H,8H2,1-3H3,(H,25,28). The number of anilines is 1. The first-order valence-corrected chi connectivity index (χ1v) is 8.64. The monoisotopic (exact) mass is 410 g/mol. The molecule has 1 aromatic carbocycles. The predicted molar refractivity (Wildman–Crippen MR) is 98.4 cm³/mol. The van der Waals surface area contributed by atoms with Crippen LogP contribution in [0.2, 0.25) is 0 Å². The number of benzene rings is 1. The normalized spacial score (nSPS) is 11.5. The molecule has 1 N–H and O–H groups in total. The van der Waals surface area contributed by atoms with Gasteiger partial charge in [-0.25, -0.2) is 18.4 Å². The number of alkyl halides is 4. The molecule has 2 aromatic heterocycles. The van der Waals surface area contributed by atoms with Crippen LogP contribution in [0.1, 0.15) is 28.9 Å². The molecule has 0 radical (unpaired) electrons. The minimum Gasteiger partial charge on any atom is -0.433 e. The van der Waals surface area contributed by atoms with E-state index in [4.69, 9.17) is 0 Å². The van der Waals surface area contributed by atoms with Gasteiger partial charge in [-0.2, -0.15) is 13.9 Å². The van der Waals surface area contributed by atoms with Crippen molar-refractivity contribution < 1.29 is 27.1 Å². The van der Waals surface area contributed by atoms with E-state index in [1.54, 1.807) is 26.8 Å². The Labute approximate surface area is 163 Å². The van der Waals surface area contributed by atoms with Crippen LogP contribution in [-0.2, 0) is 11.3 Å². The molecule has 6 nitrogen and oxygen atoms in total. The highest BCUT2D eigenvalue weighted by Gasteiger charge is 2.21. The minimum atomic E-state index is -3.05. The van der Waals surface area contributed by atoms with Gasteiger partial charge in [0.25, 0.3) is 6.43 Å². The van der Waals surface area contributed by atoms with Crippen LogP contribution in [0.3, 0.4) is 0 Å². The van der Waals surface area contributed by atoms with Gasteiger partial charge in [-0.05, 0) is 44.5 Å². The van der Waals surface area contributed by atoms with Crippen LogP contribution in [-0.4, -0.2) is 27.3 Å². The number of halogens is 4. The van der Waals surface area contributed by atoms with Crippen LogP contribution < -0.4 is 10.1 Å². The topological polar surface area (TPSA) is 69.0 Å². The van der Waals surface area contributed by atoms with Crippen molar-refractivity contribution in [2.24, 2.45) is 0 Å². The van der Waals surface area contributed by atoms with Gasteiger partial charge in [0.05, 0.1) is 16.8 Å². The fraction of sp³-hybridized carbons (Fsp3) is 0.316. The van der Waals surface area contributed by atoms with E-state index in [-0.39, 0.29) is 34.6 Å². The van der Waals surface area contributed by atoms with Crippen molar-refractivity contribution in [3.8, 4) is 5.75 Å². The Morgan fingerprint density at radius 1 is 1.17 bits per heavy atom. The summed E-state index contributed by atoms with van der Waals surface area (Å²) in [6, 6.07) is 5.72. The lowest BCUT2D eigenvalue weighted by molar-refractivity contribution is -0.116. The molecule has 0 aliphatic rings. The van der Waals surface area contributed by atoms with Crippen molar-refractivity contribution >= 4 is 22.6 Å². The van der Waals surface area contributed by atoms with Crippen molar-refractivity contribution in [2.45, 2.75) is 40.4 Å². The number of fused-ring (bicyclic) bond motifs is 1. The summed E-state index contributed by atoms with van der Waals surface area (Å²) in [7, 11) is 0. The summed E-state index contributed by atoms with van der Waals surface area (Å²) >= 11 is 0. The number of nitrogens with zero attached hydrogens (tertiary/aromatic N) is 3. The number of rotatable bonds is 6. The maximum Gasteiger partial charge on any atom is 0.387 e. The summed E-state index contributed by atoms with van der Waals surface area (Å²) in [6.07, 6.45) is -2.72. The quantitative estimate of drug-likeness (QED) is 0.606. The Kier molecular flexibility index (Phi) is 5.71. The van der Waals surface area contributed by atoms with Crippen molar-refractivity contribution in [1.82, 2.24) is 14.8 Å². The number of hydrogen-bond acceptors (Lipinski definition) is 4. The first-order chi connectivity index (χ1) is 13.7. The highest BCUT2D eigenvalue weighted by molar-refractivity contribution is 5.93. The zero-order valence-electron chi connectivity index (χ0n) is 15.8. The van der Waals surface area contributed by atoms with Crippen molar-refractivity contribution in [3.63, 3.8) is 0 Å². The van der Waals surface area contributed by atoms with Gasteiger partial charge in [0.1, 0.15) is 12.3 Å². The number of pyridine rings is 1. The van der Waals surface area contributed by atoms with Gasteiger partial charge in [0.15, 0.2) is 5.65 Å². The molecule has 0 bridgehead atoms. The lowest BCUT2D eigenvalue weighted by atomic mass is 10.1. The summed E-state index contributed by atoms with van der Waals surface area (Å²) in [6.45, 7) is 1.42. The van der Waals surface area contributed by atoms with Gasteiger partial charge in [-0.3, -0.25) is 4.79 Å². The van der Waals surface area contributed by atoms with Crippen molar-refractivity contribution in [2.75, 3.05) is 5.32 Å². The van der Waals surface area contributed by atoms with E-state index in [9.17, 15) is 22.4 Å². The highest BCUT2D eigenvalue weighted by Crippen LogP contribution is 2.30. The molecule has 154 valence electrons. The zero-order chi connectivity index (χ0) is 21.3. The number of carbonyl (C=O) groups excluding carboxylic acids is 1. The molecule has 1 amide bonds. The second-order valence-corrected chi connectivity index (χ2v) is 6.52. The molecule has 3 aromatic rings. The van der Waals surface area contributed by atoms with E-state index in [1.165, 1.54) is 22.9 Å². The van der Waals surface area contributed by atoms with Gasteiger partial charge in [0, 0.05) is 11.3 Å². The Morgan fingerprint density at radius 3 is 2.55 bits per heavy atom. The maximum absolute atomic E-state index is 13.4. The molecule has 29 heavy (non-hydrogen) atoms. The second-order valence-electron chi connectivity index (χ2n) is 6.52. The van der Waals surface area contributed by atoms with Gasteiger partial charge >= 0.3 is 6.61 Å². The Balaban J connectivity index is 1.90. The zero-order valence-corrected chi connectivity index (χ0v) is 15.8. The number of carbonyl (C=O) groups is 1. The third kappa shape index (κ3) is 4.47. The van der Waals surface area contributed by atoms with Crippen LogP contribution in [0.5, 0.6) is 5.75 Å². The van der Waals surface area contributed by atoms with E-state index in [2.05, 4.69) is 20.1 Å². The van der Waals surface area contributed by atoms with Gasteiger partial charge in [-0.15, -0.1) is 0 Å². The Morgan fingerprint density at radius 2 is 1.90 bits per heavy atom. The van der Waals surface area contributed by atoms with E-state index < -0.39 is 18.9 Å². The van der Waals surface area contributed by atoms with E-state index >= 15 is 0 Å². The molecule has 2 heterocycles. The summed E-state index contributed by atoms with van der Waals surface area (Å²) in [5.41, 5.74) is 1.36. The molecular formula is C19H18F4N4O2. The SMILES string of the molecule is Cc1ccc(NC(=O)Cn2nc(C)c3c(C(F)F)cc(C)nc32)c(OC(F)F)c1. The molecule has 0 unspecified atom stereocenters. The smallest absolute Gasteiger partial charge is 0.387 e. The van der Waals surface area contributed by atoms with Gasteiger partial charge < -0.3 is 10.1 Å². The highest BCUT2D eigenvalue weighted by atomic mass is 19.3. The van der Waals surface area contributed by atoms with Crippen LogP contribution in [0.15, 0.2) is 24.3 Å². The molecule has 0 spiro atoms. The molecule has 0 saturated carbocycles. The average molecular weight is 410 g/mol. The lowest BCUT2D eigenvalue weighted by Crippen LogP contribution is -2.20. The molecule has 0 atom stereocenters. The largest absolute Gasteiger partial charge is 0.433 e. The molecule has 0 saturated heterocycles. The molecule has 10 heteroatoms. The Hall–Kier alpha value is -3.17. The molecule has 0 aliphatic heterocycles. The van der Waals surface area contributed by atoms with Crippen molar-refractivity contribution in [3.05, 3.63) is 46.8 Å². The fourth-order valence-electron chi connectivity index (χ4n) is 3.05. The Bertz CT molecular complexity index is 1070. The van der Waals surface area contributed by atoms with E-state index in [0.29, 0.717) is 17.0 Å². The number of nitrogens with one attached hydrogen (secondary N) is 1. The maximum atomic E-state index is 13.4. The third-order valence-electron chi connectivity index (χ3n) is 4.19. The van der Waals surface area contributed by atoms with Gasteiger partial charge in [-0.1, -0.05) is 6.07 Å². The summed E-state index contributed by atoms with van der Waals surface area (Å²) < 4.78 is 57.6. The first-order valence-electron chi connectivity index (χ1n) is 8.64. The van der Waals surface area contributed by atoms with Crippen molar-refractivity contribution in [1.29, 1.82) is 0 Å². The lowest BCUT2D eigenvalue weighted by Gasteiger charge is -2.13. The van der Waals surface area contributed by atoms with Crippen LogP contribution in [0, 0.1) is 20.8 Å². The summed E-state index contributed by atoms with van der Waals surface area (Å²) in [4.78, 5) is 16.7. The number of ether oxygens (including phenoxy) is 1. The van der Waals surface area contributed by atoms with E-state index in [0.717, 1.165) is 0 Å². The van der Waals surface area contributed by atoms with Crippen LogP contribution in [0.4, 0.5) is 23.2 Å². The molecule has 0 fully saturated rings. The third-order valence-corrected chi connectivity index (χ3v) is 4.19. The van der Waals surface area contributed by atoms with Gasteiger partial charge in [0.2, 0.25) is 5.91 Å². The minimum absolute atomic E-state index is 0.0616. The summed E-state index contributed by atoms with van der Waals surface area (Å²) in [5.74, 6) is -0.775. The van der Waals surface area contributed by atoms with Crippen LogP contribution in [0.25, 0.3) is 11.0 Å². The predicted octanol–water partition coefficient (Wildman–Crippen LogP) is 4.53. The fourth-order valence-corrected chi connectivity index (χ4v) is 3.05. The second kappa shape index (κ2) is 8.06. The molecule has 0 aliphatic carbocycles. The van der Waals surface area contributed by atoms with Crippen LogP contribution >= 0.6 is 0 Å². The summed E-state index contributed by atoms with van der Waals surface area (Å²) in [5, 5.41) is 6.82.